The van der Waals surface area contributed by atoms with Gasteiger partial charge in [0.15, 0.2) is 0 Å². The number of benzene rings is 4. The van der Waals surface area contributed by atoms with Crippen LogP contribution < -0.4 is 16.0 Å². The summed E-state index contributed by atoms with van der Waals surface area (Å²) in [6.45, 7) is 5.86. The van der Waals surface area contributed by atoms with E-state index in [2.05, 4.69) is 16.0 Å². The van der Waals surface area contributed by atoms with Crippen molar-refractivity contribution in [1.29, 1.82) is 0 Å². The number of ether oxygens (including phenoxy) is 1. The Balaban J connectivity index is 1.32. The van der Waals surface area contributed by atoms with Gasteiger partial charge in [-0.25, -0.2) is 4.79 Å². The molecule has 254 valence electrons. The van der Waals surface area contributed by atoms with E-state index in [9.17, 15) is 19.2 Å². The molecule has 0 saturated heterocycles. The van der Waals surface area contributed by atoms with E-state index in [0.717, 1.165) is 21.6 Å². The highest BCUT2D eigenvalue weighted by Gasteiger charge is 2.26. The predicted octanol–water partition coefficient (Wildman–Crippen LogP) is 8.82. The van der Waals surface area contributed by atoms with E-state index in [-0.39, 0.29) is 18.2 Å². The van der Waals surface area contributed by atoms with Crippen molar-refractivity contribution in [3.05, 3.63) is 143 Å². The number of esters is 1. The van der Waals surface area contributed by atoms with Gasteiger partial charge >= 0.3 is 5.97 Å². The molecule has 1 atom stereocenters. The minimum atomic E-state index is -0.501. The number of thioether (sulfide) groups is 1. The number of anilines is 2. The topological polar surface area (TPSA) is 114 Å². The van der Waals surface area contributed by atoms with Gasteiger partial charge in [0.2, 0.25) is 5.91 Å². The van der Waals surface area contributed by atoms with E-state index in [1.807, 2.05) is 86.0 Å². The standard InChI is InChI=1S/C40H37N3O5S2/c1-4-34(38(46)43-39-35(40(47)48-5-2)32(25-49-39)28-21-19-26(3)20-22-28)50-31-18-12-17-30(24-31)41-37(45)33(23-27-13-8-6-9-14-27)42-36(44)29-15-10-7-11-16-29/h6-25,34H,4-5H2,1-3H3,(H,41,45)(H,42,44)(H,43,46)/b33-23-. The summed E-state index contributed by atoms with van der Waals surface area (Å²) >= 11 is 2.63. The van der Waals surface area contributed by atoms with Gasteiger partial charge in [-0.2, -0.15) is 0 Å². The predicted molar refractivity (Wildman–Crippen MR) is 202 cm³/mol. The highest BCUT2D eigenvalue weighted by molar-refractivity contribution is 8.00. The number of amides is 3. The molecular formula is C40H37N3O5S2. The lowest BCUT2D eigenvalue weighted by molar-refractivity contribution is -0.116. The Labute approximate surface area is 300 Å². The molecule has 3 N–H and O–H groups in total. The zero-order valence-electron chi connectivity index (χ0n) is 27.9. The van der Waals surface area contributed by atoms with Crippen LogP contribution in [0.2, 0.25) is 0 Å². The van der Waals surface area contributed by atoms with Crippen molar-refractivity contribution >= 4 is 63.6 Å². The fraction of sp³-hybridized carbons (Fsp3) is 0.150. The van der Waals surface area contributed by atoms with Gasteiger partial charge in [0.1, 0.15) is 16.3 Å². The van der Waals surface area contributed by atoms with Gasteiger partial charge in [-0.3, -0.25) is 14.4 Å². The maximum absolute atomic E-state index is 13.6. The molecule has 3 amide bonds. The van der Waals surface area contributed by atoms with Gasteiger partial charge in [0.05, 0.1) is 11.9 Å². The number of nitrogens with one attached hydrogen (secondary N) is 3. The second-order valence-corrected chi connectivity index (χ2v) is 13.4. The molecule has 50 heavy (non-hydrogen) atoms. The molecule has 0 spiro atoms. The van der Waals surface area contributed by atoms with Crippen LogP contribution in [0.4, 0.5) is 10.7 Å². The van der Waals surface area contributed by atoms with Crippen molar-refractivity contribution in [3.63, 3.8) is 0 Å². The van der Waals surface area contributed by atoms with E-state index in [1.54, 1.807) is 55.5 Å². The molecule has 8 nitrogen and oxygen atoms in total. The van der Waals surface area contributed by atoms with Crippen LogP contribution in [0.1, 0.15) is 52.1 Å². The minimum absolute atomic E-state index is 0.0762. The van der Waals surface area contributed by atoms with Crippen LogP contribution in [0.3, 0.4) is 0 Å². The molecule has 0 aliphatic rings. The lowest BCUT2D eigenvalue weighted by Crippen LogP contribution is -2.30. The number of carbonyl (C=O) groups excluding carboxylic acids is 4. The third-order valence-electron chi connectivity index (χ3n) is 7.54. The van der Waals surface area contributed by atoms with E-state index in [1.165, 1.54) is 23.1 Å². The van der Waals surface area contributed by atoms with Crippen LogP contribution >= 0.6 is 23.1 Å². The zero-order valence-corrected chi connectivity index (χ0v) is 29.5. The molecule has 1 aromatic heterocycles. The number of carbonyl (C=O) groups is 4. The van der Waals surface area contributed by atoms with Crippen LogP contribution in [-0.2, 0) is 14.3 Å². The largest absolute Gasteiger partial charge is 0.462 e. The monoisotopic (exact) mass is 703 g/mol. The number of aryl methyl sites for hydroxylation is 1. The van der Waals surface area contributed by atoms with Gasteiger partial charge < -0.3 is 20.7 Å². The van der Waals surface area contributed by atoms with Crippen molar-refractivity contribution in [2.75, 3.05) is 17.2 Å². The molecular weight excluding hydrogens is 667 g/mol. The second kappa shape index (κ2) is 17.3. The van der Waals surface area contributed by atoms with Crippen LogP contribution in [0.5, 0.6) is 0 Å². The summed E-state index contributed by atoms with van der Waals surface area (Å²) in [4.78, 5) is 54.0. The summed E-state index contributed by atoms with van der Waals surface area (Å²) in [5, 5.41) is 10.4. The first-order chi connectivity index (χ1) is 24.2. The molecule has 0 aliphatic carbocycles. The molecule has 10 heteroatoms. The Bertz CT molecular complexity index is 1990. The molecule has 0 radical (unpaired) electrons. The fourth-order valence-electron chi connectivity index (χ4n) is 4.98. The van der Waals surface area contributed by atoms with E-state index in [0.29, 0.717) is 33.8 Å². The molecule has 1 unspecified atom stereocenters. The average Bonchev–Trinajstić information content (AvgIpc) is 3.55. The Morgan fingerprint density at radius 2 is 1.54 bits per heavy atom. The molecule has 5 aromatic rings. The second-order valence-electron chi connectivity index (χ2n) is 11.2. The number of rotatable bonds is 13. The van der Waals surface area contributed by atoms with Gasteiger partial charge in [0.25, 0.3) is 11.8 Å². The third-order valence-corrected chi connectivity index (χ3v) is 9.80. The first-order valence-electron chi connectivity index (χ1n) is 16.1. The lowest BCUT2D eigenvalue weighted by atomic mass is 10.0. The Kier molecular flexibility index (Phi) is 12.4. The third kappa shape index (κ3) is 9.37. The van der Waals surface area contributed by atoms with E-state index in [4.69, 9.17) is 4.74 Å². The van der Waals surface area contributed by atoms with Crippen LogP contribution in [-0.4, -0.2) is 35.5 Å². The molecule has 0 saturated carbocycles. The quantitative estimate of drug-likeness (QED) is 0.0642. The smallest absolute Gasteiger partial charge is 0.341 e. The molecule has 0 bridgehead atoms. The zero-order chi connectivity index (χ0) is 35.5. The highest BCUT2D eigenvalue weighted by atomic mass is 32.2. The summed E-state index contributed by atoms with van der Waals surface area (Å²) < 4.78 is 5.36. The Morgan fingerprint density at radius 1 is 0.840 bits per heavy atom. The van der Waals surface area contributed by atoms with E-state index >= 15 is 0 Å². The van der Waals surface area contributed by atoms with Gasteiger partial charge in [-0.1, -0.05) is 91.3 Å². The first-order valence-corrected chi connectivity index (χ1v) is 17.9. The van der Waals surface area contributed by atoms with E-state index < -0.39 is 23.0 Å². The Hall–Kier alpha value is -5.45. The maximum atomic E-state index is 13.6. The molecule has 4 aromatic carbocycles. The van der Waals surface area contributed by atoms with Gasteiger partial charge in [0, 0.05) is 27.1 Å². The van der Waals surface area contributed by atoms with Crippen LogP contribution in [0.25, 0.3) is 17.2 Å². The SMILES string of the molecule is CCOC(=O)c1c(-c2ccc(C)cc2)csc1NC(=O)C(CC)Sc1cccc(NC(=O)/C(=C/c2ccccc2)NC(=O)c2ccccc2)c1. The van der Waals surface area contributed by atoms with Crippen molar-refractivity contribution in [2.24, 2.45) is 0 Å². The summed E-state index contributed by atoms with van der Waals surface area (Å²) in [6, 6.07) is 32.9. The van der Waals surface area contributed by atoms with Crippen molar-refractivity contribution in [2.45, 2.75) is 37.3 Å². The highest BCUT2D eigenvalue weighted by Crippen LogP contribution is 2.37. The van der Waals surface area contributed by atoms with Crippen molar-refractivity contribution in [3.8, 4) is 11.1 Å². The summed E-state index contributed by atoms with van der Waals surface area (Å²) in [7, 11) is 0. The van der Waals surface area contributed by atoms with Gasteiger partial charge in [-0.05, 0) is 67.8 Å². The number of hydrogen-bond acceptors (Lipinski definition) is 7. The summed E-state index contributed by atoms with van der Waals surface area (Å²) in [5.74, 6) is -1.67. The van der Waals surface area contributed by atoms with Gasteiger partial charge in [-0.15, -0.1) is 23.1 Å². The van der Waals surface area contributed by atoms with Crippen molar-refractivity contribution in [1.82, 2.24) is 5.32 Å². The minimum Gasteiger partial charge on any atom is -0.462 e. The summed E-state index contributed by atoms with van der Waals surface area (Å²) in [6.07, 6.45) is 2.12. The molecule has 0 aliphatic heterocycles. The molecule has 5 rings (SSSR count). The lowest BCUT2D eigenvalue weighted by Gasteiger charge is -2.16. The average molecular weight is 704 g/mol. The van der Waals surface area contributed by atoms with Crippen LogP contribution in [0, 0.1) is 6.92 Å². The first kappa shape index (κ1) is 35.8. The fourth-order valence-corrected chi connectivity index (χ4v) is 6.96. The Morgan fingerprint density at radius 3 is 2.22 bits per heavy atom. The normalized spacial score (nSPS) is 11.7. The molecule has 0 fully saturated rings. The number of thiophene rings is 1. The summed E-state index contributed by atoms with van der Waals surface area (Å²) in [5.41, 5.74) is 4.73. The molecule has 1 heterocycles. The van der Waals surface area contributed by atoms with Crippen molar-refractivity contribution < 1.29 is 23.9 Å². The van der Waals surface area contributed by atoms with Crippen LogP contribution in [0.15, 0.2) is 125 Å². The maximum Gasteiger partial charge on any atom is 0.341 e. The number of hydrogen-bond donors (Lipinski definition) is 3.